The third kappa shape index (κ3) is 4.44. The largest absolute Gasteiger partial charge is 0.497 e. The molecule has 0 saturated heterocycles. The van der Waals surface area contributed by atoms with E-state index >= 15 is 0 Å². The minimum absolute atomic E-state index is 0.0698. The lowest BCUT2D eigenvalue weighted by Crippen LogP contribution is -2.30. The van der Waals surface area contributed by atoms with Gasteiger partial charge in [0.15, 0.2) is 0 Å². The van der Waals surface area contributed by atoms with Crippen molar-refractivity contribution in [2.24, 2.45) is 0 Å². The first-order valence-electron chi connectivity index (χ1n) is 9.64. The zero-order valence-electron chi connectivity index (χ0n) is 16.6. The molecule has 154 valence electrons. The number of anilines is 1. The molecule has 3 aromatic rings. The fraction of sp³-hybridized carbons (Fsp3) is 0.227. The Morgan fingerprint density at radius 2 is 2.03 bits per heavy atom. The van der Waals surface area contributed by atoms with E-state index in [2.05, 4.69) is 10.4 Å². The van der Waals surface area contributed by atoms with Gasteiger partial charge in [-0.2, -0.15) is 5.10 Å². The Hall–Kier alpha value is -3.39. The molecule has 0 atom stereocenters. The normalized spacial score (nSPS) is 13.7. The summed E-state index contributed by atoms with van der Waals surface area (Å²) in [7, 11) is 1.60. The summed E-state index contributed by atoms with van der Waals surface area (Å²) in [6.07, 6.45) is 5.78. The smallest absolute Gasteiger partial charge is 0.259 e. The van der Waals surface area contributed by atoms with Gasteiger partial charge in [0.05, 0.1) is 31.1 Å². The predicted octanol–water partition coefficient (Wildman–Crippen LogP) is 3.65. The summed E-state index contributed by atoms with van der Waals surface area (Å²) < 4.78 is 6.96. The van der Waals surface area contributed by atoms with Crippen molar-refractivity contribution in [3.8, 4) is 5.75 Å². The van der Waals surface area contributed by atoms with Gasteiger partial charge in [-0.05, 0) is 48.2 Å². The van der Waals surface area contributed by atoms with Gasteiger partial charge >= 0.3 is 0 Å². The molecular weight excluding hydrogens is 400 g/mol. The third-order valence-corrected chi connectivity index (χ3v) is 5.76. The molecule has 1 N–H and O–H groups in total. The van der Waals surface area contributed by atoms with Crippen molar-refractivity contribution >= 4 is 34.9 Å². The lowest BCUT2D eigenvalue weighted by atomic mass is 10.2. The Morgan fingerprint density at radius 3 is 2.77 bits per heavy atom. The number of fused-ring (bicyclic) bond motifs is 1. The number of thiophene rings is 1. The van der Waals surface area contributed by atoms with Gasteiger partial charge in [0, 0.05) is 29.7 Å². The van der Waals surface area contributed by atoms with Crippen molar-refractivity contribution < 1.29 is 14.3 Å². The molecule has 0 spiro atoms. The first-order valence-corrected chi connectivity index (χ1v) is 10.5. The van der Waals surface area contributed by atoms with Crippen LogP contribution >= 0.6 is 11.3 Å². The van der Waals surface area contributed by atoms with Crippen LogP contribution in [-0.2, 0) is 17.9 Å². The summed E-state index contributed by atoms with van der Waals surface area (Å²) in [4.78, 5) is 28.4. The highest BCUT2D eigenvalue weighted by atomic mass is 32.1. The minimum Gasteiger partial charge on any atom is -0.497 e. The second-order valence-corrected chi connectivity index (χ2v) is 7.85. The average Bonchev–Trinajstić information content (AvgIpc) is 3.37. The lowest BCUT2D eigenvalue weighted by molar-refractivity contribution is -0.126. The Kier molecular flexibility index (Phi) is 5.94. The maximum atomic E-state index is 12.9. The molecule has 2 amide bonds. The van der Waals surface area contributed by atoms with Crippen molar-refractivity contribution in [3.05, 3.63) is 70.2 Å². The second kappa shape index (κ2) is 8.96. The van der Waals surface area contributed by atoms with Gasteiger partial charge in [-0.25, -0.2) is 0 Å². The second-order valence-electron chi connectivity index (χ2n) is 6.87. The van der Waals surface area contributed by atoms with Gasteiger partial charge in [0.2, 0.25) is 5.91 Å². The summed E-state index contributed by atoms with van der Waals surface area (Å²) in [6.45, 7) is 1.64. The first kappa shape index (κ1) is 19.9. The van der Waals surface area contributed by atoms with Crippen molar-refractivity contribution in [2.75, 3.05) is 19.0 Å². The number of aryl methyl sites for hydroxylation is 1. The number of rotatable bonds is 5. The number of hydrogen-bond acceptors (Lipinski definition) is 5. The van der Waals surface area contributed by atoms with Gasteiger partial charge in [-0.15, -0.1) is 11.3 Å². The molecule has 0 unspecified atom stereocenters. The molecule has 0 saturated carbocycles. The van der Waals surface area contributed by atoms with E-state index in [1.54, 1.807) is 59.9 Å². The predicted molar refractivity (Wildman–Crippen MR) is 117 cm³/mol. The zero-order valence-corrected chi connectivity index (χ0v) is 17.4. The maximum absolute atomic E-state index is 12.9. The number of hydrogen-bond donors (Lipinski definition) is 1. The Bertz CT molecular complexity index is 1050. The van der Waals surface area contributed by atoms with Crippen molar-refractivity contribution in [2.45, 2.75) is 19.5 Å². The third-order valence-electron chi connectivity index (χ3n) is 4.92. The number of carbonyl (C=O) groups excluding carboxylic acids is 2. The molecule has 0 fully saturated rings. The average molecular weight is 423 g/mol. The summed E-state index contributed by atoms with van der Waals surface area (Å²) >= 11 is 1.58. The molecule has 4 rings (SSSR count). The lowest BCUT2D eigenvalue weighted by Gasteiger charge is -2.18. The van der Waals surface area contributed by atoms with E-state index in [1.165, 1.54) is 0 Å². The standard InChI is InChI=1S/C22H22N4O3S/c1-29-17-7-5-16(6-8-17)24-22(28)19-14-23-26-12-3-11-25(15-20(19)26)21(27)10-9-18-4-2-13-30-18/h2,4-10,13-14H,3,11-12,15H2,1H3,(H,24,28)/b10-9+. The molecule has 30 heavy (non-hydrogen) atoms. The summed E-state index contributed by atoms with van der Waals surface area (Å²) in [5, 5.41) is 9.23. The van der Waals surface area contributed by atoms with E-state index in [-0.39, 0.29) is 11.8 Å². The van der Waals surface area contributed by atoms with Gasteiger partial charge < -0.3 is 15.0 Å². The van der Waals surface area contributed by atoms with Gasteiger partial charge in [0.25, 0.3) is 5.91 Å². The van der Waals surface area contributed by atoms with E-state index in [1.807, 2.05) is 28.3 Å². The Balaban J connectivity index is 1.49. The molecule has 8 heteroatoms. The number of nitrogens with zero attached hydrogens (tertiary/aromatic N) is 3. The summed E-state index contributed by atoms with van der Waals surface area (Å²) in [5.41, 5.74) is 1.89. The number of aromatic nitrogens is 2. The zero-order chi connectivity index (χ0) is 20.9. The molecule has 1 aromatic carbocycles. The topological polar surface area (TPSA) is 76.5 Å². The molecule has 0 radical (unpaired) electrons. The van der Waals surface area contributed by atoms with Crippen molar-refractivity contribution in [1.82, 2.24) is 14.7 Å². The Labute approximate surface area is 178 Å². The fourth-order valence-electron chi connectivity index (χ4n) is 3.34. The van der Waals surface area contributed by atoms with E-state index in [4.69, 9.17) is 4.74 Å². The monoisotopic (exact) mass is 422 g/mol. The van der Waals surface area contributed by atoms with Gasteiger partial charge in [-0.3, -0.25) is 14.3 Å². The SMILES string of the molecule is COc1ccc(NC(=O)c2cnn3c2CN(C(=O)/C=C/c2cccs2)CCC3)cc1. The van der Waals surface area contributed by atoms with Crippen LogP contribution in [0.3, 0.4) is 0 Å². The number of methoxy groups -OCH3 is 1. The summed E-state index contributed by atoms with van der Waals surface area (Å²) in [5.74, 6) is 0.404. The molecule has 1 aliphatic heterocycles. The van der Waals surface area contributed by atoms with E-state index in [9.17, 15) is 9.59 Å². The van der Waals surface area contributed by atoms with Gasteiger partial charge in [-0.1, -0.05) is 6.07 Å². The minimum atomic E-state index is -0.246. The Morgan fingerprint density at radius 1 is 1.20 bits per heavy atom. The van der Waals surface area contributed by atoms with Crippen LogP contribution in [0.15, 0.2) is 54.1 Å². The number of ether oxygens (including phenoxy) is 1. The number of benzene rings is 1. The fourth-order valence-corrected chi connectivity index (χ4v) is 3.95. The maximum Gasteiger partial charge on any atom is 0.259 e. The number of nitrogens with one attached hydrogen (secondary N) is 1. The summed E-state index contributed by atoms with van der Waals surface area (Å²) in [6, 6.07) is 11.1. The molecule has 0 bridgehead atoms. The van der Waals surface area contributed by atoms with Crippen LogP contribution in [0.2, 0.25) is 0 Å². The molecule has 0 aliphatic carbocycles. The molecule has 1 aliphatic rings. The van der Waals surface area contributed by atoms with E-state index in [0.29, 0.717) is 30.9 Å². The van der Waals surface area contributed by atoms with Crippen LogP contribution in [0.1, 0.15) is 27.3 Å². The molecular formula is C22H22N4O3S. The van der Waals surface area contributed by atoms with Crippen LogP contribution in [0, 0.1) is 0 Å². The quantitative estimate of drug-likeness (QED) is 0.637. The highest BCUT2D eigenvalue weighted by molar-refractivity contribution is 7.10. The van der Waals surface area contributed by atoms with Crippen LogP contribution in [0.4, 0.5) is 5.69 Å². The van der Waals surface area contributed by atoms with Crippen molar-refractivity contribution in [3.63, 3.8) is 0 Å². The highest BCUT2D eigenvalue weighted by Crippen LogP contribution is 2.20. The molecule has 3 heterocycles. The first-order chi connectivity index (χ1) is 14.6. The van der Waals surface area contributed by atoms with Gasteiger partial charge in [0.1, 0.15) is 5.75 Å². The van der Waals surface area contributed by atoms with Crippen LogP contribution in [0.5, 0.6) is 5.75 Å². The van der Waals surface area contributed by atoms with E-state index in [0.717, 1.165) is 22.7 Å². The van der Waals surface area contributed by atoms with Crippen molar-refractivity contribution in [1.29, 1.82) is 0 Å². The van der Waals surface area contributed by atoms with Crippen LogP contribution in [0.25, 0.3) is 6.08 Å². The molecule has 2 aromatic heterocycles. The highest BCUT2D eigenvalue weighted by Gasteiger charge is 2.24. The van der Waals surface area contributed by atoms with Crippen LogP contribution in [-0.4, -0.2) is 40.1 Å². The van der Waals surface area contributed by atoms with E-state index < -0.39 is 0 Å². The molecule has 7 nitrogen and oxygen atoms in total. The van der Waals surface area contributed by atoms with Crippen LogP contribution < -0.4 is 10.1 Å². The number of carbonyl (C=O) groups is 2. The number of amides is 2.